The number of hydrogen-bond acceptors (Lipinski definition) is 5. The summed E-state index contributed by atoms with van der Waals surface area (Å²) < 4.78 is 11.5. The quantitative estimate of drug-likeness (QED) is 0.563. The molecule has 0 aliphatic heterocycles. The molecular formula is C22H24N2O3S. The second-order valence-electron chi connectivity index (χ2n) is 6.57. The molecule has 0 radical (unpaired) electrons. The fourth-order valence-corrected chi connectivity index (χ4v) is 3.28. The lowest BCUT2D eigenvalue weighted by Gasteiger charge is -2.18. The SMILES string of the molecule is Cc1cccc(OCCN(C)C(=O)c2cccc(OCc3csc(C)n3)c2)c1. The molecule has 2 aromatic carbocycles. The fourth-order valence-electron chi connectivity index (χ4n) is 2.68. The smallest absolute Gasteiger partial charge is 0.253 e. The molecule has 6 heteroatoms. The number of rotatable bonds is 8. The molecule has 0 atom stereocenters. The number of carbonyl (C=O) groups is 1. The molecule has 0 N–H and O–H groups in total. The highest BCUT2D eigenvalue weighted by Gasteiger charge is 2.13. The van der Waals surface area contributed by atoms with Crippen LogP contribution in [0.5, 0.6) is 11.5 Å². The lowest BCUT2D eigenvalue weighted by atomic mass is 10.2. The molecule has 0 fully saturated rings. The van der Waals surface area contributed by atoms with Crippen molar-refractivity contribution in [1.82, 2.24) is 9.88 Å². The van der Waals surface area contributed by atoms with Crippen LogP contribution in [0.25, 0.3) is 0 Å². The summed E-state index contributed by atoms with van der Waals surface area (Å²) in [5.41, 5.74) is 2.63. The van der Waals surface area contributed by atoms with Gasteiger partial charge in [-0.3, -0.25) is 4.79 Å². The van der Waals surface area contributed by atoms with Crippen LogP contribution in [0.4, 0.5) is 0 Å². The van der Waals surface area contributed by atoms with Crippen LogP contribution in [0.2, 0.25) is 0 Å². The van der Waals surface area contributed by atoms with Crippen molar-refractivity contribution in [2.24, 2.45) is 0 Å². The molecule has 3 rings (SSSR count). The molecule has 5 nitrogen and oxygen atoms in total. The average Bonchev–Trinajstić information content (AvgIpc) is 3.11. The largest absolute Gasteiger partial charge is 0.492 e. The van der Waals surface area contributed by atoms with Gasteiger partial charge in [-0.1, -0.05) is 18.2 Å². The van der Waals surface area contributed by atoms with Crippen LogP contribution in [0.3, 0.4) is 0 Å². The van der Waals surface area contributed by atoms with Crippen molar-refractivity contribution in [2.45, 2.75) is 20.5 Å². The number of nitrogens with zero attached hydrogens (tertiary/aromatic N) is 2. The van der Waals surface area contributed by atoms with Crippen molar-refractivity contribution in [1.29, 1.82) is 0 Å². The third-order valence-corrected chi connectivity index (χ3v) is 4.99. The Morgan fingerprint density at radius 3 is 2.54 bits per heavy atom. The lowest BCUT2D eigenvalue weighted by molar-refractivity contribution is 0.0773. The average molecular weight is 397 g/mol. The highest BCUT2D eigenvalue weighted by molar-refractivity contribution is 7.09. The van der Waals surface area contributed by atoms with Crippen molar-refractivity contribution >= 4 is 17.2 Å². The summed E-state index contributed by atoms with van der Waals surface area (Å²) in [7, 11) is 1.77. The number of carbonyl (C=O) groups excluding carboxylic acids is 1. The highest BCUT2D eigenvalue weighted by atomic mass is 32.1. The van der Waals surface area contributed by atoms with E-state index < -0.39 is 0 Å². The first-order valence-corrected chi connectivity index (χ1v) is 9.98. The van der Waals surface area contributed by atoms with E-state index in [-0.39, 0.29) is 5.91 Å². The minimum atomic E-state index is -0.0669. The second kappa shape index (κ2) is 9.37. The van der Waals surface area contributed by atoms with Gasteiger partial charge in [-0.15, -0.1) is 11.3 Å². The zero-order chi connectivity index (χ0) is 19.9. The number of likely N-dealkylation sites (N-methyl/N-ethyl adjacent to an activating group) is 1. The van der Waals surface area contributed by atoms with E-state index in [1.54, 1.807) is 35.4 Å². The van der Waals surface area contributed by atoms with Gasteiger partial charge in [-0.25, -0.2) is 4.98 Å². The Kier molecular flexibility index (Phi) is 6.66. The number of amides is 1. The van der Waals surface area contributed by atoms with Crippen molar-refractivity contribution in [3.8, 4) is 11.5 Å². The van der Waals surface area contributed by atoms with E-state index in [1.807, 2.05) is 55.6 Å². The highest BCUT2D eigenvalue weighted by Crippen LogP contribution is 2.17. The molecule has 0 bridgehead atoms. The fraction of sp³-hybridized carbons (Fsp3) is 0.273. The van der Waals surface area contributed by atoms with Gasteiger partial charge in [-0.05, 0) is 49.7 Å². The Hall–Kier alpha value is -2.86. The minimum absolute atomic E-state index is 0.0669. The first-order chi connectivity index (χ1) is 13.5. The van der Waals surface area contributed by atoms with Crippen LogP contribution in [0.1, 0.15) is 26.6 Å². The van der Waals surface area contributed by atoms with E-state index >= 15 is 0 Å². The topological polar surface area (TPSA) is 51.7 Å². The summed E-state index contributed by atoms with van der Waals surface area (Å²) in [6.07, 6.45) is 0. The summed E-state index contributed by atoms with van der Waals surface area (Å²) in [5, 5.41) is 2.99. The van der Waals surface area contributed by atoms with Gasteiger partial charge in [0.2, 0.25) is 0 Å². The van der Waals surface area contributed by atoms with Gasteiger partial charge in [0.15, 0.2) is 0 Å². The molecule has 1 aromatic heterocycles. The zero-order valence-corrected chi connectivity index (χ0v) is 17.2. The molecule has 0 aliphatic rings. The van der Waals surface area contributed by atoms with E-state index in [0.29, 0.717) is 31.1 Å². The summed E-state index contributed by atoms with van der Waals surface area (Å²) in [5.74, 6) is 1.40. The Bertz CT molecular complexity index is 939. The molecule has 146 valence electrons. The molecule has 0 saturated heterocycles. The Labute approximate surface area is 169 Å². The van der Waals surface area contributed by atoms with Crippen molar-refractivity contribution < 1.29 is 14.3 Å². The third-order valence-electron chi connectivity index (χ3n) is 4.17. The van der Waals surface area contributed by atoms with Crippen LogP contribution in [0, 0.1) is 13.8 Å². The van der Waals surface area contributed by atoms with Gasteiger partial charge < -0.3 is 14.4 Å². The van der Waals surface area contributed by atoms with E-state index in [0.717, 1.165) is 22.0 Å². The van der Waals surface area contributed by atoms with Crippen LogP contribution < -0.4 is 9.47 Å². The molecule has 28 heavy (non-hydrogen) atoms. The summed E-state index contributed by atoms with van der Waals surface area (Å²) >= 11 is 1.59. The van der Waals surface area contributed by atoms with Crippen LogP contribution in [0.15, 0.2) is 53.9 Å². The van der Waals surface area contributed by atoms with Gasteiger partial charge in [-0.2, -0.15) is 0 Å². The van der Waals surface area contributed by atoms with Gasteiger partial charge in [0.05, 0.1) is 17.2 Å². The molecule has 1 heterocycles. The normalized spacial score (nSPS) is 10.5. The molecule has 0 unspecified atom stereocenters. The summed E-state index contributed by atoms with van der Waals surface area (Å²) in [4.78, 5) is 18.7. The van der Waals surface area contributed by atoms with Gasteiger partial charge in [0, 0.05) is 18.0 Å². The number of ether oxygens (including phenoxy) is 2. The summed E-state index contributed by atoms with van der Waals surface area (Å²) in [6.45, 7) is 5.31. The summed E-state index contributed by atoms with van der Waals surface area (Å²) in [6, 6.07) is 15.1. The Balaban J connectivity index is 1.52. The zero-order valence-electron chi connectivity index (χ0n) is 16.3. The maximum atomic E-state index is 12.7. The lowest BCUT2D eigenvalue weighted by Crippen LogP contribution is -2.30. The van der Waals surface area contributed by atoms with E-state index in [9.17, 15) is 4.79 Å². The number of benzene rings is 2. The third kappa shape index (κ3) is 5.57. The van der Waals surface area contributed by atoms with Gasteiger partial charge in [0.25, 0.3) is 5.91 Å². The molecule has 0 saturated carbocycles. The maximum absolute atomic E-state index is 12.7. The minimum Gasteiger partial charge on any atom is -0.492 e. The van der Waals surface area contributed by atoms with Crippen LogP contribution in [-0.4, -0.2) is 36.0 Å². The molecule has 0 spiro atoms. The van der Waals surface area contributed by atoms with Gasteiger partial charge in [0.1, 0.15) is 24.7 Å². The molecule has 1 amide bonds. The van der Waals surface area contributed by atoms with E-state index in [2.05, 4.69) is 4.98 Å². The van der Waals surface area contributed by atoms with Crippen molar-refractivity contribution in [3.63, 3.8) is 0 Å². The predicted molar refractivity (Wildman–Crippen MR) is 111 cm³/mol. The second-order valence-corrected chi connectivity index (χ2v) is 7.63. The number of aromatic nitrogens is 1. The number of thiazole rings is 1. The first-order valence-electron chi connectivity index (χ1n) is 9.10. The Morgan fingerprint density at radius 1 is 1.07 bits per heavy atom. The van der Waals surface area contributed by atoms with Crippen molar-refractivity contribution in [3.05, 3.63) is 75.7 Å². The van der Waals surface area contributed by atoms with E-state index in [4.69, 9.17) is 9.47 Å². The van der Waals surface area contributed by atoms with Crippen molar-refractivity contribution in [2.75, 3.05) is 20.2 Å². The maximum Gasteiger partial charge on any atom is 0.253 e. The predicted octanol–water partition coefficient (Wildman–Crippen LogP) is 4.49. The monoisotopic (exact) mass is 396 g/mol. The standard InChI is InChI=1S/C22H24N2O3S/c1-16-6-4-8-20(12-16)26-11-10-24(3)22(25)18-7-5-9-21(13-18)27-14-19-15-28-17(2)23-19/h4-9,12-13,15H,10-11,14H2,1-3H3. The molecular weight excluding hydrogens is 372 g/mol. The number of hydrogen-bond donors (Lipinski definition) is 0. The first kappa shape index (κ1) is 19.9. The van der Waals surface area contributed by atoms with Gasteiger partial charge >= 0.3 is 0 Å². The number of aryl methyl sites for hydroxylation is 2. The van der Waals surface area contributed by atoms with Crippen LogP contribution >= 0.6 is 11.3 Å². The molecule has 3 aromatic rings. The van der Waals surface area contributed by atoms with Crippen LogP contribution in [-0.2, 0) is 6.61 Å². The Morgan fingerprint density at radius 2 is 1.82 bits per heavy atom. The van der Waals surface area contributed by atoms with E-state index in [1.165, 1.54) is 0 Å². The molecule has 0 aliphatic carbocycles.